The van der Waals surface area contributed by atoms with E-state index in [0.29, 0.717) is 5.70 Å². The summed E-state index contributed by atoms with van der Waals surface area (Å²) in [5.74, 6) is -1.06. The van der Waals surface area contributed by atoms with Gasteiger partial charge in [-0.15, -0.1) is 0 Å². The quantitative estimate of drug-likeness (QED) is 0.368. The van der Waals surface area contributed by atoms with Crippen molar-refractivity contribution in [2.45, 2.75) is 6.92 Å². The molecule has 0 atom stereocenters. The first kappa shape index (κ1) is 15.4. The fraction of sp³-hybridized carbons (Fsp3) is 0.200. The number of nitro benzene ring substituents is 1. The highest BCUT2D eigenvalue weighted by Gasteiger charge is 2.35. The smallest absolute Gasteiger partial charge is 0.340 e. The first-order chi connectivity index (χ1) is 10.4. The van der Waals surface area contributed by atoms with Gasteiger partial charge in [-0.3, -0.25) is 14.9 Å². The van der Waals surface area contributed by atoms with Crippen LogP contribution in [0, 0.1) is 10.1 Å². The molecule has 1 aromatic carbocycles. The summed E-state index contributed by atoms with van der Waals surface area (Å²) in [6.45, 7) is 1.62. The van der Waals surface area contributed by atoms with Gasteiger partial charge in [-0.25, -0.2) is 4.79 Å². The van der Waals surface area contributed by atoms with E-state index < -0.39 is 16.8 Å². The van der Waals surface area contributed by atoms with E-state index in [0.717, 1.165) is 0 Å². The molecule has 1 heterocycles. The third-order valence-corrected chi connectivity index (χ3v) is 3.49. The molecule has 0 aromatic heterocycles. The van der Waals surface area contributed by atoms with Crippen LogP contribution in [0.2, 0.25) is 0 Å². The Morgan fingerprint density at radius 3 is 2.59 bits per heavy atom. The lowest BCUT2D eigenvalue weighted by molar-refractivity contribution is -0.385. The number of esters is 1. The number of para-hydroxylation sites is 1. The second-order valence-corrected chi connectivity index (χ2v) is 4.69. The fourth-order valence-corrected chi connectivity index (χ4v) is 2.23. The molecule has 0 N–H and O–H groups in total. The highest BCUT2D eigenvalue weighted by molar-refractivity contribution is 6.16. The topological polar surface area (TPSA) is 89.8 Å². The first-order valence-electron chi connectivity index (χ1n) is 6.41. The Hall–Kier alpha value is -2.96. The SMILES string of the molecule is COC(=O)C1=C(C)N(C)C(=O)C1=Cc1ccccc1[N+](=O)[O-]. The lowest BCUT2D eigenvalue weighted by Crippen LogP contribution is -2.19. The molecule has 0 aliphatic carbocycles. The Morgan fingerprint density at radius 1 is 1.36 bits per heavy atom. The predicted octanol–water partition coefficient (Wildman–Crippen LogP) is 1.90. The van der Waals surface area contributed by atoms with Crippen molar-refractivity contribution in [3.8, 4) is 0 Å². The number of methoxy groups -OCH3 is 1. The maximum Gasteiger partial charge on any atom is 0.340 e. The van der Waals surface area contributed by atoms with E-state index in [-0.39, 0.29) is 22.4 Å². The van der Waals surface area contributed by atoms with Gasteiger partial charge in [0.05, 0.1) is 28.7 Å². The molecule has 0 saturated heterocycles. The van der Waals surface area contributed by atoms with E-state index in [2.05, 4.69) is 0 Å². The molecule has 114 valence electrons. The molecule has 22 heavy (non-hydrogen) atoms. The number of nitrogens with zero attached hydrogens (tertiary/aromatic N) is 2. The molecule has 0 bridgehead atoms. The molecule has 0 radical (unpaired) electrons. The summed E-state index contributed by atoms with van der Waals surface area (Å²) in [7, 11) is 2.74. The average molecular weight is 302 g/mol. The molecule has 0 saturated carbocycles. The zero-order chi connectivity index (χ0) is 16.4. The average Bonchev–Trinajstić information content (AvgIpc) is 2.71. The van der Waals surface area contributed by atoms with Crippen LogP contribution < -0.4 is 0 Å². The molecule has 0 unspecified atom stereocenters. The van der Waals surface area contributed by atoms with E-state index in [4.69, 9.17) is 4.74 Å². The summed E-state index contributed by atoms with van der Waals surface area (Å²) in [6, 6.07) is 6.01. The largest absolute Gasteiger partial charge is 0.465 e. The highest BCUT2D eigenvalue weighted by Crippen LogP contribution is 2.32. The zero-order valence-electron chi connectivity index (χ0n) is 12.3. The van der Waals surface area contributed by atoms with Gasteiger partial charge in [-0.05, 0) is 19.1 Å². The van der Waals surface area contributed by atoms with E-state index in [1.54, 1.807) is 13.0 Å². The van der Waals surface area contributed by atoms with Crippen LogP contribution in [-0.2, 0) is 14.3 Å². The number of carbonyl (C=O) groups is 2. The Labute approximate surface area is 126 Å². The minimum atomic E-state index is -0.653. The number of rotatable bonds is 3. The third kappa shape index (κ3) is 2.48. The molecule has 7 nitrogen and oxygen atoms in total. The number of ether oxygens (including phenoxy) is 1. The summed E-state index contributed by atoms with van der Waals surface area (Å²) < 4.78 is 4.70. The van der Waals surface area contributed by atoms with Gasteiger partial charge in [0.1, 0.15) is 0 Å². The number of nitro groups is 1. The van der Waals surface area contributed by atoms with Crippen molar-refractivity contribution in [2.75, 3.05) is 14.2 Å². The molecule has 0 fully saturated rings. The molecule has 7 heteroatoms. The van der Waals surface area contributed by atoms with Crippen molar-refractivity contribution < 1.29 is 19.2 Å². The van der Waals surface area contributed by atoms with Crippen molar-refractivity contribution in [1.29, 1.82) is 0 Å². The van der Waals surface area contributed by atoms with Gasteiger partial charge in [0.2, 0.25) is 0 Å². The molecule has 2 rings (SSSR count). The van der Waals surface area contributed by atoms with Crippen molar-refractivity contribution in [3.63, 3.8) is 0 Å². The summed E-state index contributed by atoms with van der Waals surface area (Å²) in [4.78, 5) is 36.0. The van der Waals surface area contributed by atoms with E-state index >= 15 is 0 Å². The number of hydrogen-bond acceptors (Lipinski definition) is 5. The predicted molar refractivity (Wildman–Crippen MR) is 78.6 cm³/mol. The van der Waals surface area contributed by atoms with Crippen molar-refractivity contribution >= 4 is 23.6 Å². The molecule has 1 aliphatic rings. The maximum atomic E-state index is 12.3. The Kier molecular flexibility index (Phi) is 4.07. The monoisotopic (exact) mass is 302 g/mol. The van der Waals surface area contributed by atoms with Crippen molar-refractivity contribution in [1.82, 2.24) is 4.90 Å². The van der Waals surface area contributed by atoms with Gasteiger partial charge in [-0.2, -0.15) is 0 Å². The first-order valence-corrected chi connectivity index (χ1v) is 6.41. The number of amides is 1. The lowest BCUT2D eigenvalue weighted by atomic mass is 10.0. The number of likely N-dealkylation sites (N-methyl/N-ethyl adjacent to an activating group) is 1. The standard InChI is InChI=1S/C15H14N2O5/c1-9-13(15(19)22-3)11(14(18)16(9)2)8-10-6-4-5-7-12(10)17(20)21/h4-8H,1-3H3. The Bertz CT molecular complexity index is 733. The second kappa shape index (κ2) is 5.80. The van der Waals surface area contributed by atoms with Crippen LogP contribution in [0.3, 0.4) is 0 Å². The van der Waals surface area contributed by atoms with Gasteiger partial charge in [0, 0.05) is 18.8 Å². The van der Waals surface area contributed by atoms with Crippen LogP contribution >= 0.6 is 0 Å². The van der Waals surface area contributed by atoms with Crippen LogP contribution in [0.25, 0.3) is 6.08 Å². The van der Waals surface area contributed by atoms with Crippen LogP contribution in [0.15, 0.2) is 41.1 Å². The molecule has 0 spiro atoms. The third-order valence-electron chi connectivity index (χ3n) is 3.49. The van der Waals surface area contributed by atoms with E-state index in [1.807, 2.05) is 0 Å². The normalized spacial score (nSPS) is 16.4. The lowest BCUT2D eigenvalue weighted by Gasteiger charge is -2.08. The van der Waals surface area contributed by atoms with Crippen LogP contribution in [0.5, 0.6) is 0 Å². The minimum Gasteiger partial charge on any atom is -0.465 e. The molecule has 1 amide bonds. The number of allylic oxidation sites excluding steroid dienone is 1. The van der Waals surface area contributed by atoms with Gasteiger partial charge < -0.3 is 9.64 Å². The number of carbonyl (C=O) groups excluding carboxylic acids is 2. The molecular formula is C15H14N2O5. The molecule has 1 aliphatic heterocycles. The molecule has 1 aromatic rings. The van der Waals surface area contributed by atoms with Gasteiger partial charge >= 0.3 is 5.97 Å². The van der Waals surface area contributed by atoms with Crippen LogP contribution in [0.4, 0.5) is 5.69 Å². The van der Waals surface area contributed by atoms with Gasteiger partial charge in [-0.1, -0.05) is 12.1 Å². The zero-order valence-corrected chi connectivity index (χ0v) is 12.3. The van der Waals surface area contributed by atoms with Crippen molar-refractivity contribution in [2.24, 2.45) is 0 Å². The fourth-order valence-electron chi connectivity index (χ4n) is 2.23. The highest BCUT2D eigenvalue weighted by atomic mass is 16.6. The summed E-state index contributed by atoms with van der Waals surface area (Å²) in [5.41, 5.74) is 0.760. The Balaban J connectivity index is 2.62. The number of hydrogen-bond donors (Lipinski definition) is 0. The summed E-state index contributed by atoms with van der Waals surface area (Å²) >= 11 is 0. The number of benzene rings is 1. The van der Waals surface area contributed by atoms with Crippen LogP contribution in [0.1, 0.15) is 12.5 Å². The maximum absolute atomic E-state index is 12.3. The minimum absolute atomic E-state index is 0.0844. The second-order valence-electron chi connectivity index (χ2n) is 4.69. The summed E-state index contributed by atoms with van der Waals surface area (Å²) in [5, 5.41) is 11.1. The van der Waals surface area contributed by atoms with Crippen molar-refractivity contribution in [3.05, 3.63) is 56.8 Å². The van der Waals surface area contributed by atoms with Gasteiger partial charge in [0.15, 0.2) is 0 Å². The van der Waals surface area contributed by atoms with Crippen LogP contribution in [-0.4, -0.2) is 35.9 Å². The summed E-state index contributed by atoms with van der Waals surface area (Å²) in [6.07, 6.45) is 1.35. The van der Waals surface area contributed by atoms with Gasteiger partial charge in [0.25, 0.3) is 11.6 Å². The van der Waals surface area contributed by atoms with E-state index in [9.17, 15) is 19.7 Å². The van der Waals surface area contributed by atoms with E-state index in [1.165, 1.54) is 43.3 Å². The molecular weight excluding hydrogens is 288 g/mol. The Morgan fingerprint density at radius 2 is 2.00 bits per heavy atom.